The summed E-state index contributed by atoms with van der Waals surface area (Å²) in [6, 6.07) is 1.24. The molecule has 2 aliphatic heterocycles. The topological polar surface area (TPSA) is 41.1 Å². The highest BCUT2D eigenvalue weighted by Crippen LogP contribution is 2.35. The van der Waals surface area contributed by atoms with Gasteiger partial charge in [-0.05, 0) is 58.2 Å². The van der Waals surface area contributed by atoms with Crippen LogP contribution in [0.25, 0.3) is 10.2 Å². The van der Waals surface area contributed by atoms with Crippen LogP contribution < -0.4 is 5.32 Å². The summed E-state index contributed by atoms with van der Waals surface area (Å²) in [4.78, 5) is 14.1. The van der Waals surface area contributed by atoms with E-state index >= 15 is 0 Å². The third-order valence-electron chi connectivity index (χ3n) is 5.13. The van der Waals surface area contributed by atoms with Gasteiger partial charge in [-0.15, -0.1) is 11.3 Å². The smallest absolute Gasteiger partial charge is 0.138 e. The first kappa shape index (κ1) is 13.5. The monoisotopic (exact) mass is 302 g/mol. The number of fused-ring (bicyclic) bond motifs is 2. The standard InChI is InChI=1S/C16H22N4S/c1-10-11(2)21-16-14(10)15(17-9-18-16)19-12-5-3-7-20-8-4-6-13(12)20/h9,12-13H,3-8H2,1-2H3,(H,17,18,19)/t12-,13-/m0/s1. The molecule has 0 unspecified atom stereocenters. The fourth-order valence-electron chi connectivity index (χ4n) is 3.93. The second-order valence-corrected chi connectivity index (χ2v) is 7.53. The molecule has 4 nitrogen and oxygen atoms in total. The second kappa shape index (κ2) is 5.21. The Morgan fingerprint density at radius 3 is 2.86 bits per heavy atom. The van der Waals surface area contributed by atoms with Crippen molar-refractivity contribution >= 4 is 27.4 Å². The van der Waals surface area contributed by atoms with Gasteiger partial charge in [-0.2, -0.15) is 0 Å². The molecule has 5 heteroatoms. The lowest BCUT2D eigenvalue weighted by molar-refractivity contribution is 0.183. The number of anilines is 1. The quantitative estimate of drug-likeness (QED) is 0.923. The van der Waals surface area contributed by atoms with Crippen molar-refractivity contribution < 1.29 is 0 Å². The molecule has 2 aliphatic rings. The first-order valence-corrected chi connectivity index (χ1v) is 8.77. The van der Waals surface area contributed by atoms with Crippen molar-refractivity contribution in [1.29, 1.82) is 0 Å². The average Bonchev–Trinajstić information content (AvgIpc) is 3.06. The summed E-state index contributed by atoms with van der Waals surface area (Å²) in [6.07, 6.45) is 6.93. The number of rotatable bonds is 2. The first-order valence-electron chi connectivity index (χ1n) is 7.95. The molecule has 0 spiro atoms. The summed E-state index contributed by atoms with van der Waals surface area (Å²) in [5.41, 5.74) is 1.33. The van der Waals surface area contributed by atoms with Gasteiger partial charge in [0.1, 0.15) is 17.0 Å². The maximum Gasteiger partial charge on any atom is 0.138 e. The van der Waals surface area contributed by atoms with Crippen LogP contribution >= 0.6 is 11.3 Å². The van der Waals surface area contributed by atoms with Crippen molar-refractivity contribution in [3.8, 4) is 0 Å². The highest BCUT2D eigenvalue weighted by Gasteiger charge is 2.35. The zero-order valence-corrected chi connectivity index (χ0v) is 13.5. The molecule has 2 fully saturated rings. The van der Waals surface area contributed by atoms with Crippen LogP contribution in [-0.4, -0.2) is 40.0 Å². The number of aromatic nitrogens is 2. The van der Waals surface area contributed by atoms with Crippen molar-refractivity contribution in [1.82, 2.24) is 14.9 Å². The molecular weight excluding hydrogens is 280 g/mol. The minimum absolute atomic E-state index is 0.541. The van der Waals surface area contributed by atoms with Gasteiger partial charge in [-0.1, -0.05) is 0 Å². The molecular formula is C16H22N4S. The summed E-state index contributed by atoms with van der Waals surface area (Å²) >= 11 is 1.77. The Balaban J connectivity index is 1.67. The van der Waals surface area contributed by atoms with E-state index in [1.165, 1.54) is 54.6 Å². The Labute approximate surface area is 129 Å². The number of nitrogens with one attached hydrogen (secondary N) is 1. The van der Waals surface area contributed by atoms with Gasteiger partial charge in [0.25, 0.3) is 0 Å². The van der Waals surface area contributed by atoms with Gasteiger partial charge in [0.15, 0.2) is 0 Å². The van der Waals surface area contributed by atoms with E-state index in [0.717, 1.165) is 10.6 Å². The van der Waals surface area contributed by atoms with Crippen molar-refractivity contribution in [2.45, 2.75) is 51.6 Å². The minimum Gasteiger partial charge on any atom is -0.365 e. The van der Waals surface area contributed by atoms with Crippen molar-refractivity contribution in [2.24, 2.45) is 0 Å². The summed E-state index contributed by atoms with van der Waals surface area (Å²) in [7, 11) is 0. The average molecular weight is 302 g/mol. The summed E-state index contributed by atoms with van der Waals surface area (Å²) < 4.78 is 0. The maximum atomic E-state index is 4.56. The molecule has 2 aromatic rings. The summed E-state index contributed by atoms with van der Waals surface area (Å²) in [5, 5.41) is 4.99. The molecule has 0 aromatic carbocycles. The highest BCUT2D eigenvalue weighted by molar-refractivity contribution is 7.18. The predicted octanol–water partition coefficient (Wildman–Crippen LogP) is 3.35. The lowest BCUT2D eigenvalue weighted by Gasteiger charge is -2.37. The van der Waals surface area contributed by atoms with Gasteiger partial charge in [0.05, 0.1) is 5.39 Å². The number of thiophene rings is 1. The van der Waals surface area contributed by atoms with E-state index in [4.69, 9.17) is 0 Å². The normalized spacial score (nSPS) is 26.2. The fourth-order valence-corrected chi connectivity index (χ4v) is 4.92. The Morgan fingerprint density at radius 1 is 1.19 bits per heavy atom. The Bertz CT molecular complexity index is 666. The number of aryl methyl sites for hydroxylation is 2. The summed E-state index contributed by atoms with van der Waals surface area (Å²) in [5.74, 6) is 1.04. The van der Waals surface area contributed by atoms with Crippen LogP contribution in [0.5, 0.6) is 0 Å². The van der Waals surface area contributed by atoms with E-state index in [2.05, 4.69) is 34.0 Å². The van der Waals surface area contributed by atoms with Crippen LogP contribution in [0.4, 0.5) is 5.82 Å². The molecule has 112 valence electrons. The Kier molecular flexibility index (Phi) is 3.34. The lowest BCUT2D eigenvalue weighted by atomic mass is 9.96. The van der Waals surface area contributed by atoms with Gasteiger partial charge >= 0.3 is 0 Å². The van der Waals surface area contributed by atoms with E-state index in [1.54, 1.807) is 17.7 Å². The molecule has 2 saturated heterocycles. The first-order chi connectivity index (χ1) is 10.2. The molecule has 0 saturated carbocycles. The molecule has 0 amide bonds. The van der Waals surface area contributed by atoms with Crippen molar-refractivity contribution in [3.63, 3.8) is 0 Å². The van der Waals surface area contributed by atoms with E-state index in [-0.39, 0.29) is 0 Å². The number of hydrogen-bond donors (Lipinski definition) is 1. The molecule has 2 aromatic heterocycles. The van der Waals surface area contributed by atoms with Crippen LogP contribution in [-0.2, 0) is 0 Å². The molecule has 0 aliphatic carbocycles. The minimum atomic E-state index is 0.541. The maximum absolute atomic E-state index is 4.56. The zero-order valence-electron chi connectivity index (χ0n) is 12.7. The van der Waals surface area contributed by atoms with Crippen molar-refractivity contribution in [2.75, 3.05) is 18.4 Å². The van der Waals surface area contributed by atoms with E-state index < -0.39 is 0 Å². The number of piperidine rings is 1. The van der Waals surface area contributed by atoms with Crippen molar-refractivity contribution in [3.05, 3.63) is 16.8 Å². The van der Waals surface area contributed by atoms with E-state index in [0.29, 0.717) is 12.1 Å². The molecule has 4 rings (SSSR count). The molecule has 4 heterocycles. The Hall–Kier alpha value is -1.20. The summed E-state index contributed by atoms with van der Waals surface area (Å²) in [6.45, 7) is 6.91. The lowest BCUT2D eigenvalue weighted by Crippen LogP contribution is -2.47. The van der Waals surface area contributed by atoms with Crippen LogP contribution in [0.2, 0.25) is 0 Å². The second-order valence-electron chi connectivity index (χ2n) is 6.32. The predicted molar refractivity (Wildman–Crippen MR) is 88.1 cm³/mol. The zero-order chi connectivity index (χ0) is 14.4. The fraction of sp³-hybridized carbons (Fsp3) is 0.625. The van der Waals surface area contributed by atoms with E-state index in [1.807, 2.05) is 0 Å². The van der Waals surface area contributed by atoms with Crippen LogP contribution in [0.15, 0.2) is 6.33 Å². The Morgan fingerprint density at radius 2 is 2.00 bits per heavy atom. The van der Waals surface area contributed by atoms with Gasteiger partial charge in [0, 0.05) is 17.0 Å². The third-order valence-corrected chi connectivity index (χ3v) is 6.24. The SMILES string of the molecule is Cc1sc2ncnc(N[C@H]3CCCN4CCC[C@@H]34)c2c1C. The van der Waals surface area contributed by atoms with Gasteiger partial charge in [-0.25, -0.2) is 9.97 Å². The molecule has 1 N–H and O–H groups in total. The molecule has 21 heavy (non-hydrogen) atoms. The molecule has 2 atom stereocenters. The number of hydrogen-bond acceptors (Lipinski definition) is 5. The number of nitrogens with zero attached hydrogens (tertiary/aromatic N) is 3. The molecule has 0 bridgehead atoms. The van der Waals surface area contributed by atoms with Gasteiger partial charge in [0.2, 0.25) is 0 Å². The van der Waals surface area contributed by atoms with Gasteiger partial charge < -0.3 is 5.32 Å². The van der Waals surface area contributed by atoms with Gasteiger partial charge in [-0.3, -0.25) is 4.90 Å². The molecule has 0 radical (unpaired) electrons. The van der Waals surface area contributed by atoms with E-state index in [9.17, 15) is 0 Å². The third kappa shape index (κ3) is 2.23. The largest absolute Gasteiger partial charge is 0.365 e. The highest BCUT2D eigenvalue weighted by atomic mass is 32.1. The van der Waals surface area contributed by atoms with Crippen LogP contribution in [0.1, 0.15) is 36.1 Å². The van der Waals surface area contributed by atoms with Crippen LogP contribution in [0.3, 0.4) is 0 Å². The van der Waals surface area contributed by atoms with Crippen LogP contribution in [0, 0.1) is 13.8 Å².